The summed E-state index contributed by atoms with van der Waals surface area (Å²) in [6, 6.07) is 0. The molecule has 72 valence electrons. The van der Waals surface area contributed by atoms with Gasteiger partial charge in [0.2, 0.25) is 0 Å². The molecule has 1 saturated carbocycles. The van der Waals surface area contributed by atoms with E-state index in [0.717, 1.165) is 18.2 Å². The minimum atomic E-state index is 0.494. The minimum Gasteiger partial charge on any atom is -0.324 e. The van der Waals surface area contributed by atoms with Crippen LogP contribution in [0.3, 0.4) is 0 Å². The Hall–Kier alpha value is -0.900. The molecule has 1 fully saturated rings. The SMILES string of the molecule is CCn1c(CN)nnc1C1CCC1. The average molecular weight is 180 g/mol. The van der Waals surface area contributed by atoms with Gasteiger partial charge in [-0.2, -0.15) is 0 Å². The first-order chi connectivity index (χ1) is 6.36. The molecule has 1 heterocycles. The smallest absolute Gasteiger partial charge is 0.146 e. The highest BCUT2D eigenvalue weighted by Gasteiger charge is 2.25. The molecular weight excluding hydrogens is 164 g/mol. The van der Waals surface area contributed by atoms with Gasteiger partial charge in [0.25, 0.3) is 0 Å². The summed E-state index contributed by atoms with van der Waals surface area (Å²) in [6.45, 7) is 3.55. The van der Waals surface area contributed by atoms with Gasteiger partial charge in [-0.25, -0.2) is 0 Å². The largest absolute Gasteiger partial charge is 0.324 e. The van der Waals surface area contributed by atoms with Crippen molar-refractivity contribution in [2.75, 3.05) is 0 Å². The maximum absolute atomic E-state index is 5.58. The van der Waals surface area contributed by atoms with Gasteiger partial charge in [0, 0.05) is 12.5 Å². The van der Waals surface area contributed by atoms with Crippen LogP contribution >= 0.6 is 0 Å². The van der Waals surface area contributed by atoms with E-state index >= 15 is 0 Å². The van der Waals surface area contributed by atoms with Crippen molar-refractivity contribution in [3.8, 4) is 0 Å². The minimum absolute atomic E-state index is 0.494. The van der Waals surface area contributed by atoms with E-state index < -0.39 is 0 Å². The lowest BCUT2D eigenvalue weighted by atomic mass is 9.85. The standard InChI is InChI=1S/C9H16N4/c1-2-13-8(6-10)11-12-9(13)7-4-3-5-7/h7H,2-6,10H2,1H3. The van der Waals surface area contributed by atoms with E-state index in [0.29, 0.717) is 12.5 Å². The van der Waals surface area contributed by atoms with Crippen molar-refractivity contribution in [3.05, 3.63) is 11.6 Å². The van der Waals surface area contributed by atoms with Crippen LogP contribution in [0.25, 0.3) is 0 Å². The first-order valence-corrected chi connectivity index (χ1v) is 4.98. The Balaban J connectivity index is 2.28. The Morgan fingerprint density at radius 3 is 2.69 bits per heavy atom. The van der Waals surface area contributed by atoms with Crippen LogP contribution in [0.2, 0.25) is 0 Å². The number of aromatic nitrogens is 3. The molecule has 0 aliphatic heterocycles. The number of rotatable bonds is 3. The van der Waals surface area contributed by atoms with Crippen LogP contribution in [0.4, 0.5) is 0 Å². The van der Waals surface area contributed by atoms with Crippen LogP contribution in [0, 0.1) is 0 Å². The van der Waals surface area contributed by atoms with E-state index in [1.807, 2.05) is 0 Å². The van der Waals surface area contributed by atoms with Crippen molar-refractivity contribution < 1.29 is 0 Å². The zero-order valence-electron chi connectivity index (χ0n) is 8.03. The number of nitrogens with zero attached hydrogens (tertiary/aromatic N) is 3. The van der Waals surface area contributed by atoms with Crippen molar-refractivity contribution in [1.29, 1.82) is 0 Å². The monoisotopic (exact) mass is 180 g/mol. The summed E-state index contributed by atoms with van der Waals surface area (Å²) in [4.78, 5) is 0. The van der Waals surface area contributed by atoms with Gasteiger partial charge in [0.1, 0.15) is 11.6 Å². The lowest BCUT2D eigenvalue weighted by Gasteiger charge is -2.24. The van der Waals surface area contributed by atoms with E-state index in [4.69, 9.17) is 5.73 Å². The summed E-state index contributed by atoms with van der Waals surface area (Å²) < 4.78 is 2.16. The predicted octanol–water partition coefficient (Wildman–Crippen LogP) is 1.02. The maximum Gasteiger partial charge on any atom is 0.146 e. The van der Waals surface area contributed by atoms with E-state index in [9.17, 15) is 0 Å². The highest BCUT2D eigenvalue weighted by atomic mass is 15.3. The Morgan fingerprint density at radius 1 is 1.46 bits per heavy atom. The highest BCUT2D eigenvalue weighted by molar-refractivity contribution is 5.05. The third-order valence-electron chi connectivity index (χ3n) is 2.83. The molecule has 1 aliphatic rings. The molecule has 1 aromatic heterocycles. The molecule has 0 atom stereocenters. The lowest BCUT2D eigenvalue weighted by molar-refractivity contribution is 0.386. The van der Waals surface area contributed by atoms with Gasteiger partial charge in [-0.05, 0) is 19.8 Å². The van der Waals surface area contributed by atoms with Gasteiger partial charge in [0.15, 0.2) is 0 Å². The second kappa shape index (κ2) is 3.46. The van der Waals surface area contributed by atoms with Gasteiger partial charge in [-0.15, -0.1) is 10.2 Å². The summed E-state index contributed by atoms with van der Waals surface area (Å²) in [5.41, 5.74) is 5.58. The van der Waals surface area contributed by atoms with Gasteiger partial charge in [0.05, 0.1) is 6.54 Å². The molecule has 0 radical (unpaired) electrons. The quantitative estimate of drug-likeness (QED) is 0.755. The fourth-order valence-electron chi connectivity index (χ4n) is 1.81. The van der Waals surface area contributed by atoms with Gasteiger partial charge in [-0.1, -0.05) is 6.42 Å². The second-order valence-electron chi connectivity index (χ2n) is 3.55. The molecule has 1 aromatic rings. The van der Waals surface area contributed by atoms with Crippen LogP contribution in [0.5, 0.6) is 0 Å². The van der Waals surface area contributed by atoms with Crippen molar-refractivity contribution in [1.82, 2.24) is 14.8 Å². The number of hydrogen-bond donors (Lipinski definition) is 1. The van der Waals surface area contributed by atoms with Crippen molar-refractivity contribution in [3.63, 3.8) is 0 Å². The molecule has 0 aromatic carbocycles. The first kappa shape index (κ1) is 8.69. The molecule has 0 unspecified atom stereocenters. The first-order valence-electron chi connectivity index (χ1n) is 4.98. The maximum atomic E-state index is 5.58. The van der Waals surface area contributed by atoms with Crippen molar-refractivity contribution in [2.24, 2.45) is 5.73 Å². The molecule has 0 amide bonds. The Kier molecular flexibility index (Phi) is 2.31. The third-order valence-corrected chi connectivity index (χ3v) is 2.83. The fraction of sp³-hybridized carbons (Fsp3) is 0.778. The van der Waals surface area contributed by atoms with E-state index in [2.05, 4.69) is 21.7 Å². The number of hydrogen-bond acceptors (Lipinski definition) is 3. The molecule has 2 rings (SSSR count). The molecule has 4 nitrogen and oxygen atoms in total. The Morgan fingerprint density at radius 2 is 2.23 bits per heavy atom. The van der Waals surface area contributed by atoms with Crippen LogP contribution in [0.1, 0.15) is 43.8 Å². The predicted molar refractivity (Wildman–Crippen MR) is 50.2 cm³/mol. The van der Waals surface area contributed by atoms with E-state index in [1.54, 1.807) is 0 Å². The zero-order valence-corrected chi connectivity index (χ0v) is 8.03. The summed E-state index contributed by atoms with van der Waals surface area (Å²) in [5.74, 6) is 2.71. The molecule has 13 heavy (non-hydrogen) atoms. The van der Waals surface area contributed by atoms with Crippen molar-refractivity contribution in [2.45, 2.75) is 45.2 Å². The van der Waals surface area contributed by atoms with Crippen LogP contribution < -0.4 is 5.73 Å². The summed E-state index contributed by atoms with van der Waals surface area (Å²) in [5, 5.41) is 8.31. The Labute approximate surface area is 78.1 Å². The molecule has 4 heteroatoms. The third kappa shape index (κ3) is 1.35. The van der Waals surface area contributed by atoms with Crippen LogP contribution in [0.15, 0.2) is 0 Å². The molecule has 2 N–H and O–H groups in total. The van der Waals surface area contributed by atoms with Crippen LogP contribution in [-0.2, 0) is 13.1 Å². The fourth-order valence-corrected chi connectivity index (χ4v) is 1.81. The molecule has 0 bridgehead atoms. The molecule has 0 saturated heterocycles. The highest BCUT2D eigenvalue weighted by Crippen LogP contribution is 2.35. The Bertz CT molecular complexity index is 288. The van der Waals surface area contributed by atoms with Gasteiger partial charge in [-0.3, -0.25) is 0 Å². The zero-order chi connectivity index (χ0) is 9.26. The summed E-state index contributed by atoms with van der Waals surface area (Å²) >= 11 is 0. The lowest BCUT2D eigenvalue weighted by Crippen LogP contribution is -2.17. The topological polar surface area (TPSA) is 56.7 Å². The normalized spacial score (nSPS) is 17.4. The molecule has 0 spiro atoms. The van der Waals surface area contributed by atoms with E-state index in [1.165, 1.54) is 19.3 Å². The molecule has 1 aliphatic carbocycles. The summed E-state index contributed by atoms with van der Waals surface area (Å²) in [7, 11) is 0. The summed E-state index contributed by atoms with van der Waals surface area (Å²) in [6.07, 6.45) is 3.87. The van der Waals surface area contributed by atoms with Gasteiger partial charge < -0.3 is 10.3 Å². The van der Waals surface area contributed by atoms with Crippen molar-refractivity contribution >= 4 is 0 Å². The second-order valence-corrected chi connectivity index (χ2v) is 3.55. The van der Waals surface area contributed by atoms with Crippen LogP contribution in [-0.4, -0.2) is 14.8 Å². The average Bonchev–Trinajstić information content (AvgIpc) is 2.44. The molecular formula is C9H16N4. The van der Waals surface area contributed by atoms with Gasteiger partial charge >= 0.3 is 0 Å². The van der Waals surface area contributed by atoms with E-state index in [-0.39, 0.29) is 0 Å². The number of nitrogens with two attached hydrogens (primary N) is 1.